The van der Waals surface area contributed by atoms with Crippen LogP contribution in [0.5, 0.6) is 0 Å². The van der Waals surface area contributed by atoms with Crippen LogP contribution < -0.4 is 4.90 Å². The normalized spacial score (nSPS) is 23.0. The topological polar surface area (TPSA) is 41.5 Å². The zero-order chi connectivity index (χ0) is 15.8. The lowest BCUT2D eigenvalue weighted by molar-refractivity contribution is 0.122. The Hall–Kier alpha value is -0.950. The first kappa shape index (κ1) is 15.6. The van der Waals surface area contributed by atoms with E-state index in [0.29, 0.717) is 11.3 Å². The van der Waals surface area contributed by atoms with Crippen molar-refractivity contribution in [1.29, 1.82) is 0 Å². The molecule has 0 amide bonds. The molecule has 0 radical (unpaired) electrons. The van der Waals surface area contributed by atoms with Crippen molar-refractivity contribution in [3.63, 3.8) is 0 Å². The van der Waals surface area contributed by atoms with Crippen LogP contribution in [0.1, 0.15) is 17.7 Å². The zero-order valence-corrected chi connectivity index (χ0v) is 14.9. The smallest absolute Gasteiger partial charge is 0.224 e. The molecule has 5 nitrogen and oxygen atoms in total. The van der Waals surface area contributed by atoms with Crippen LogP contribution in [0.3, 0.4) is 0 Å². The highest BCUT2D eigenvalue weighted by molar-refractivity contribution is 7.19. The molecule has 2 aromatic heterocycles. The van der Waals surface area contributed by atoms with Crippen molar-refractivity contribution in [1.82, 2.24) is 14.9 Å². The summed E-state index contributed by atoms with van der Waals surface area (Å²) in [4.78, 5) is 15.1. The molecule has 2 aromatic rings. The summed E-state index contributed by atoms with van der Waals surface area (Å²) in [6.45, 7) is 4.42. The van der Waals surface area contributed by atoms with Gasteiger partial charge in [0.05, 0.1) is 23.4 Å². The average Bonchev–Trinajstić information content (AvgIpc) is 3.14. The van der Waals surface area contributed by atoms with Gasteiger partial charge in [0.25, 0.3) is 0 Å². The Balaban J connectivity index is 1.66. The van der Waals surface area contributed by atoms with E-state index in [1.807, 2.05) is 11.3 Å². The molecule has 1 atom stereocenters. The molecule has 2 aliphatic heterocycles. The number of anilines is 1. The molecule has 4 heterocycles. The molecule has 0 bridgehead atoms. The standard InChI is InChI=1S/C16H21ClN4OS/c1-20-4-2-3-11(20)9-12-10-13-14(23-12)15(19-16(17)18-13)21-5-7-22-8-6-21/h10-11H,2-9H2,1H3. The van der Waals surface area contributed by atoms with Gasteiger partial charge >= 0.3 is 0 Å². The molecule has 2 fully saturated rings. The summed E-state index contributed by atoms with van der Waals surface area (Å²) in [6.07, 6.45) is 3.68. The van der Waals surface area contributed by atoms with Crippen LogP contribution in [-0.2, 0) is 11.2 Å². The Bertz CT molecular complexity index is 701. The first-order valence-corrected chi connectivity index (χ1v) is 9.39. The van der Waals surface area contributed by atoms with E-state index in [1.165, 1.54) is 24.3 Å². The molecule has 4 rings (SSSR count). The van der Waals surface area contributed by atoms with Gasteiger partial charge in [0.1, 0.15) is 0 Å². The van der Waals surface area contributed by atoms with Crippen LogP contribution in [0.2, 0.25) is 5.28 Å². The fourth-order valence-electron chi connectivity index (χ4n) is 3.50. The Labute approximate surface area is 145 Å². The summed E-state index contributed by atoms with van der Waals surface area (Å²) >= 11 is 7.98. The van der Waals surface area contributed by atoms with Crippen molar-refractivity contribution in [3.05, 3.63) is 16.2 Å². The maximum atomic E-state index is 6.16. The summed E-state index contributed by atoms with van der Waals surface area (Å²) in [7, 11) is 2.22. The summed E-state index contributed by atoms with van der Waals surface area (Å²) in [6, 6.07) is 2.85. The Morgan fingerprint density at radius 3 is 2.87 bits per heavy atom. The van der Waals surface area contributed by atoms with Gasteiger partial charge in [-0.15, -0.1) is 11.3 Å². The van der Waals surface area contributed by atoms with Crippen molar-refractivity contribution in [2.45, 2.75) is 25.3 Å². The van der Waals surface area contributed by atoms with E-state index in [0.717, 1.165) is 48.8 Å². The van der Waals surface area contributed by atoms with Gasteiger partial charge in [-0.2, -0.15) is 4.98 Å². The average molecular weight is 353 g/mol. The van der Waals surface area contributed by atoms with Crippen molar-refractivity contribution in [2.24, 2.45) is 0 Å². The highest BCUT2D eigenvalue weighted by atomic mass is 35.5. The molecule has 1 unspecified atom stereocenters. The lowest BCUT2D eigenvalue weighted by Gasteiger charge is -2.28. The molecule has 0 N–H and O–H groups in total. The van der Waals surface area contributed by atoms with Crippen LogP contribution in [0, 0.1) is 0 Å². The highest BCUT2D eigenvalue weighted by Crippen LogP contribution is 2.34. The Morgan fingerprint density at radius 1 is 1.30 bits per heavy atom. The number of likely N-dealkylation sites (N-methyl/N-ethyl adjacent to an activating group) is 1. The molecule has 2 saturated heterocycles. The maximum absolute atomic E-state index is 6.16. The second-order valence-electron chi connectivity index (χ2n) is 6.32. The van der Waals surface area contributed by atoms with E-state index in [4.69, 9.17) is 16.3 Å². The molecular weight excluding hydrogens is 332 g/mol. The molecule has 124 valence electrons. The zero-order valence-electron chi connectivity index (χ0n) is 13.3. The fraction of sp³-hybridized carbons (Fsp3) is 0.625. The number of hydrogen-bond donors (Lipinski definition) is 0. The Kier molecular flexibility index (Phi) is 4.41. The van der Waals surface area contributed by atoms with Gasteiger partial charge in [0.2, 0.25) is 5.28 Å². The number of ether oxygens (including phenoxy) is 1. The van der Waals surface area contributed by atoms with Gasteiger partial charge in [-0.1, -0.05) is 0 Å². The third-order valence-electron chi connectivity index (χ3n) is 4.80. The predicted molar refractivity (Wildman–Crippen MR) is 94.8 cm³/mol. The van der Waals surface area contributed by atoms with E-state index >= 15 is 0 Å². The number of halogens is 1. The van der Waals surface area contributed by atoms with E-state index in [9.17, 15) is 0 Å². The third kappa shape index (κ3) is 3.18. The second-order valence-corrected chi connectivity index (χ2v) is 7.80. The minimum Gasteiger partial charge on any atom is -0.378 e. The number of nitrogens with zero attached hydrogens (tertiary/aromatic N) is 4. The molecule has 0 aliphatic carbocycles. The maximum Gasteiger partial charge on any atom is 0.224 e. The van der Waals surface area contributed by atoms with Gasteiger partial charge in [0.15, 0.2) is 5.82 Å². The van der Waals surface area contributed by atoms with Crippen LogP contribution in [0.4, 0.5) is 5.82 Å². The lowest BCUT2D eigenvalue weighted by Crippen LogP contribution is -2.36. The molecule has 0 saturated carbocycles. The fourth-order valence-corrected chi connectivity index (χ4v) is 4.85. The van der Waals surface area contributed by atoms with E-state index in [2.05, 4.69) is 32.9 Å². The van der Waals surface area contributed by atoms with Crippen LogP contribution >= 0.6 is 22.9 Å². The Morgan fingerprint density at radius 2 is 2.13 bits per heavy atom. The number of thiophene rings is 1. The van der Waals surface area contributed by atoms with Crippen molar-refractivity contribution >= 4 is 39.0 Å². The van der Waals surface area contributed by atoms with Gasteiger partial charge in [-0.25, -0.2) is 4.98 Å². The summed E-state index contributed by atoms with van der Waals surface area (Å²) < 4.78 is 6.61. The van der Waals surface area contributed by atoms with E-state index in [1.54, 1.807) is 0 Å². The summed E-state index contributed by atoms with van der Waals surface area (Å²) in [5, 5.41) is 0.335. The van der Waals surface area contributed by atoms with Crippen molar-refractivity contribution in [3.8, 4) is 0 Å². The van der Waals surface area contributed by atoms with Gasteiger partial charge < -0.3 is 14.5 Å². The van der Waals surface area contributed by atoms with Crippen LogP contribution in [0.15, 0.2) is 6.07 Å². The molecule has 2 aliphatic rings. The lowest BCUT2D eigenvalue weighted by atomic mass is 10.1. The van der Waals surface area contributed by atoms with Gasteiger partial charge in [0, 0.05) is 24.0 Å². The first-order chi connectivity index (χ1) is 11.2. The highest BCUT2D eigenvalue weighted by Gasteiger charge is 2.23. The number of morpholine rings is 1. The van der Waals surface area contributed by atoms with Crippen LogP contribution in [-0.4, -0.2) is 60.8 Å². The molecular formula is C16H21ClN4OS. The van der Waals surface area contributed by atoms with Crippen LogP contribution in [0.25, 0.3) is 10.2 Å². The predicted octanol–water partition coefficient (Wildman–Crippen LogP) is 2.82. The summed E-state index contributed by atoms with van der Waals surface area (Å²) in [5.41, 5.74) is 0.979. The van der Waals surface area contributed by atoms with Gasteiger partial charge in [-0.3, -0.25) is 0 Å². The number of hydrogen-bond acceptors (Lipinski definition) is 6. The third-order valence-corrected chi connectivity index (χ3v) is 6.11. The quantitative estimate of drug-likeness (QED) is 0.794. The monoisotopic (exact) mass is 352 g/mol. The largest absolute Gasteiger partial charge is 0.378 e. The minimum absolute atomic E-state index is 0.335. The number of fused-ring (bicyclic) bond motifs is 1. The molecule has 0 aromatic carbocycles. The van der Waals surface area contributed by atoms with E-state index < -0.39 is 0 Å². The second kappa shape index (κ2) is 6.51. The number of rotatable bonds is 3. The summed E-state index contributed by atoms with van der Waals surface area (Å²) in [5.74, 6) is 0.972. The SMILES string of the molecule is CN1CCCC1Cc1cc2nc(Cl)nc(N3CCOCC3)c2s1. The number of likely N-dealkylation sites (tertiary alicyclic amines) is 1. The van der Waals surface area contributed by atoms with E-state index in [-0.39, 0.29) is 0 Å². The minimum atomic E-state index is 0.335. The number of aromatic nitrogens is 2. The molecule has 23 heavy (non-hydrogen) atoms. The first-order valence-electron chi connectivity index (χ1n) is 8.19. The van der Waals surface area contributed by atoms with Crippen molar-refractivity contribution in [2.75, 3.05) is 44.8 Å². The molecule has 7 heteroatoms. The van der Waals surface area contributed by atoms with Crippen molar-refractivity contribution < 1.29 is 4.74 Å². The van der Waals surface area contributed by atoms with Gasteiger partial charge in [-0.05, 0) is 50.5 Å². The molecule has 0 spiro atoms.